The maximum atomic E-state index is 12.7. The highest BCUT2D eigenvalue weighted by atomic mass is 16.6. The molecular formula is C19H18N4O7. The molecule has 0 saturated heterocycles. The van der Waals surface area contributed by atoms with Crippen molar-refractivity contribution < 1.29 is 29.4 Å². The van der Waals surface area contributed by atoms with Crippen LogP contribution < -0.4 is 9.47 Å². The van der Waals surface area contributed by atoms with Gasteiger partial charge in [0, 0.05) is 30.9 Å². The van der Waals surface area contributed by atoms with Crippen molar-refractivity contribution in [3.8, 4) is 23.3 Å². The van der Waals surface area contributed by atoms with Crippen LogP contribution in [0, 0.1) is 21.4 Å². The second-order valence-corrected chi connectivity index (χ2v) is 5.99. The van der Waals surface area contributed by atoms with Crippen molar-refractivity contribution >= 4 is 17.4 Å². The van der Waals surface area contributed by atoms with Gasteiger partial charge in [-0.2, -0.15) is 5.26 Å². The first kappa shape index (κ1) is 22.0. The number of aromatic hydroxyl groups is 1. The number of nitro benzene ring substituents is 1. The van der Waals surface area contributed by atoms with Crippen molar-refractivity contribution in [2.45, 2.75) is 6.54 Å². The maximum Gasteiger partial charge on any atom is 0.315 e. The van der Waals surface area contributed by atoms with Crippen LogP contribution in [0.3, 0.4) is 0 Å². The molecule has 1 amide bonds. The quantitative estimate of drug-likeness (QED) is 0.227. The fourth-order valence-electron chi connectivity index (χ4n) is 2.55. The van der Waals surface area contributed by atoms with E-state index in [1.807, 2.05) is 0 Å². The topological polar surface area (TPSA) is 159 Å². The first-order chi connectivity index (χ1) is 14.2. The van der Waals surface area contributed by atoms with Crippen LogP contribution in [0.1, 0.15) is 11.3 Å². The lowest BCUT2D eigenvalue weighted by atomic mass is 10.1. The van der Waals surface area contributed by atoms with Gasteiger partial charge in [-0.05, 0) is 12.1 Å². The molecule has 0 radical (unpaired) electrons. The number of phenols is 1. The number of carbonyl (C=O) groups is 1. The fourth-order valence-corrected chi connectivity index (χ4v) is 2.55. The van der Waals surface area contributed by atoms with Gasteiger partial charge in [-0.15, -0.1) is 0 Å². The molecule has 1 aromatic heterocycles. The summed E-state index contributed by atoms with van der Waals surface area (Å²) < 4.78 is 9.95. The molecule has 2 N–H and O–H groups in total. The number of likely N-dealkylation sites (N-methyl/N-ethyl adjacent to an activating group) is 1. The largest absolute Gasteiger partial charge is 0.506 e. The zero-order valence-corrected chi connectivity index (χ0v) is 16.3. The second kappa shape index (κ2) is 9.24. The van der Waals surface area contributed by atoms with E-state index in [2.05, 4.69) is 4.98 Å². The van der Waals surface area contributed by atoms with E-state index in [1.54, 1.807) is 18.2 Å². The number of amides is 1. The van der Waals surface area contributed by atoms with E-state index in [0.29, 0.717) is 11.4 Å². The molecule has 0 spiro atoms. The third-order valence-corrected chi connectivity index (χ3v) is 4.08. The number of aromatic nitrogens is 1. The molecule has 2 aromatic rings. The summed E-state index contributed by atoms with van der Waals surface area (Å²) in [5, 5.41) is 40.9. The van der Waals surface area contributed by atoms with Gasteiger partial charge in [0.2, 0.25) is 5.75 Å². The van der Waals surface area contributed by atoms with Crippen molar-refractivity contribution in [1.29, 1.82) is 5.26 Å². The van der Waals surface area contributed by atoms with Gasteiger partial charge in [-0.1, -0.05) is 0 Å². The summed E-state index contributed by atoms with van der Waals surface area (Å²) in [6.07, 6.45) is 1.49. The second-order valence-electron chi connectivity index (χ2n) is 5.99. The average molecular weight is 414 g/mol. The summed E-state index contributed by atoms with van der Waals surface area (Å²) in [7, 11) is 4.04. The normalized spacial score (nSPS) is 11.1. The zero-order valence-electron chi connectivity index (χ0n) is 16.3. The molecule has 0 aliphatic heterocycles. The zero-order chi connectivity index (χ0) is 22.4. The first-order valence-corrected chi connectivity index (χ1v) is 8.36. The Balaban J connectivity index is 2.43. The highest BCUT2D eigenvalue weighted by Crippen LogP contribution is 2.38. The predicted molar refractivity (Wildman–Crippen MR) is 104 cm³/mol. The molecule has 0 aliphatic rings. The Morgan fingerprint density at radius 1 is 1.33 bits per heavy atom. The third-order valence-electron chi connectivity index (χ3n) is 4.08. The highest BCUT2D eigenvalue weighted by molar-refractivity contribution is 6.03. The van der Waals surface area contributed by atoms with E-state index in [1.165, 1.54) is 20.4 Å². The lowest BCUT2D eigenvalue weighted by Gasteiger charge is -2.17. The number of ether oxygens (including phenoxy) is 2. The Kier molecular flexibility index (Phi) is 6.77. The standard InChI is InChI=1S/C19H18N4O7/c1-22(10-12-8-13(29-2)4-5-21-12)19(26)14(9-20)17(24)11-6-15(23(27)28)18(25)16(7-11)30-3/h4-8,24-25H,10H2,1-3H3/b17-14-. The van der Waals surface area contributed by atoms with Gasteiger partial charge in [0.1, 0.15) is 17.6 Å². The molecule has 0 saturated carbocycles. The number of pyridine rings is 1. The van der Waals surface area contributed by atoms with Crippen LogP contribution in [0.25, 0.3) is 5.76 Å². The number of nitro groups is 1. The molecule has 0 atom stereocenters. The van der Waals surface area contributed by atoms with Crippen LogP contribution in [-0.4, -0.2) is 52.2 Å². The number of hydrogen-bond donors (Lipinski definition) is 2. The predicted octanol–water partition coefficient (Wildman–Crippen LogP) is 2.16. The molecule has 156 valence electrons. The fraction of sp³-hybridized carbons (Fsp3) is 0.211. The summed E-state index contributed by atoms with van der Waals surface area (Å²) >= 11 is 0. The van der Waals surface area contributed by atoms with Crippen molar-refractivity contribution in [3.63, 3.8) is 0 Å². The molecule has 0 aliphatic carbocycles. The smallest absolute Gasteiger partial charge is 0.315 e. The van der Waals surface area contributed by atoms with E-state index in [4.69, 9.17) is 9.47 Å². The number of aliphatic hydroxyl groups is 1. The van der Waals surface area contributed by atoms with E-state index in [-0.39, 0.29) is 17.9 Å². The number of nitriles is 1. The van der Waals surface area contributed by atoms with E-state index in [0.717, 1.165) is 24.1 Å². The average Bonchev–Trinajstić information content (AvgIpc) is 2.73. The van der Waals surface area contributed by atoms with Crippen LogP contribution in [0.15, 0.2) is 36.0 Å². The number of nitrogens with zero attached hydrogens (tertiary/aromatic N) is 4. The number of benzene rings is 1. The Hall–Kier alpha value is -4.33. The van der Waals surface area contributed by atoms with Crippen LogP contribution in [-0.2, 0) is 11.3 Å². The van der Waals surface area contributed by atoms with Gasteiger partial charge >= 0.3 is 5.69 Å². The number of rotatable bonds is 7. The summed E-state index contributed by atoms with van der Waals surface area (Å²) in [6, 6.07) is 6.75. The van der Waals surface area contributed by atoms with Crippen molar-refractivity contribution in [2.24, 2.45) is 0 Å². The molecule has 2 rings (SSSR count). The first-order valence-electron chi connectivity index (χ1n) is 8.36. The van der Waals surface area contributed by atoms with Crippen molar-refractivity contribution in [3.05, 3.63) is 57.4 Å². The monoisotopic (exact) mass is 414 g/mol. The summed E-state index contributed by atoms with van der Waals surface area (Å²) in [6.45, 7) is 0.00748. The van der Waals surface area contributed by atoms with Crippen LogP contribution in [0.4, 0.5) is 5.69 Å². The number of phenolic OH excluding ortho intramolecular Hbond substituents is 1. The Labute approximate surface area is 171 Å². The molecule has 0 bridgehead atoms. The van der Waals surface area contributed by atoms with Crippen LogP contribution in [0.2, 0.25) is 0 Å². The number of carbonyl (C=O) groups excluding carboxylic acids is 1. The molecule has 0 fully saturated rings. The molecule has 1 heterocycles. The maximum absolute atomic E-state index is 12.7. The van der Waals surface area contributed by atoms with E-state index < -0.39 is 33.6 Å². The summed E-state index contributed by atoms with van der Waals surface area (Å²) in [4.78, 5) is 28.2. The minimum atomic E-state index is -0.886. The molecule has 11 heteroatoms. The Bertz CT molecular complexity index is 1060. The van der Waals surface area contributed by atoms with Gasteiger partial charge in [0.15, 0.2) is 11.3 Å². The lowest BCUT2D eigenvalue weighted by Crippen LogP contribution is -2.28. The Morgan fingerprint density at radius 3 is 2.60 bits per heavy atom. The van der Waals surface area contributed by atoms with Gasteiger partial charge in [0.25, 0.3) is 5.91 Å². The van der Waals surface area contributed by atoms with E-state index in [9.17, 15) is 30.4 Å². The molecule has 30 heavy (non-hydrogen) atoms. The number of hydrogen-bond acceptors (Lipinski definition) is 9. The Morgan fingerprint density at radius 2 is 2.03 bits per heavy atom. The summed E-state index contributed by atoms with van der Waals surface area (Å²) in [5.41, 5.74) is -1.17. The number of methoxy groups -OCH3 is 2. The van der Waals surface area contributed by atoms with Gasteiger partial charge in [-0.3, -0.25) is 19.9 Å². The minimum Gasteiger partial charge on any atom is -0.506 e. The summed E-state index contributed by atoms with van der Waals surface area (Å²) in [5.74, 6) is -2.15. The van der Waals surface area contributed by atoms with Crippen molar-refractivity contribution in [2.75, 3.05) is 21.3 Å². The highest BCUT2D eigenvalue weighted by Gasteiger charge is 2.25. The lowest BCUT2D eigenvalue weighted by molar-refractivity contribution is -0.386. The number of aliphatic hydroxyl groups excluding tert-OH is 1. The molecule has 1 aromatic carbocycles. The van der Waals surface area contributed by atoms with Crippen molar-refractivity contribution in [1.82, 2.24) is 9.88 Å². The molecular weight excluding hydrogens is 396 g/mol. The SMILES string of the molecule is COc1ccnc(CN(C)C(=O)/C(C#N)=C(\O)c2cc(OC)c(O)c([N+](=O)[O-])c2)c1. The van der Waals surface area contributed by atoms with Crippen LogP contribution in [0.5, 0.6) is 17.2 Å². The van der Waals surface area contributed by atoms with E-state index >= 15 is 0 Å². The third kappa shape index (κ3) is 4.56. The van der Waals surface area contributed by atoms with Crippen LogP contribution >= 0.6 is 0 Å². The minimum absolute atomic E-state index is 0.00748. The molecule has 0 unspecified atom stereocenters. The van der Waals surface area contributed by atoms with Gasteiger partial charge in [-0.25, -0.2) is 0 Å². The van der Waals surface area contributed by atoms with Gasteiger partial charge in [0.05, 0.1) is 31.4 Å². The molecule has 11 nitrogen and oxygen atoms in total. The van der Waals surface area contributed by atoms with Gasteiger partial charge < -0.3 is 24.6 Å².